The summed E-state index contributed by atoms with van der Waals surface area (Å²) in [5, 5.41) is 0.412. The highest BCUT2D eigenvalue weighted by Gasteiger charge is 2.14. The van der Waals surface area contributed by atoms with Gasteiger partial charge in [0, 0.05) is 24.4 Å². The number of pyridine rings is 1. The van der Waals surface area contributed by atoms with Crippen molar-refractivity contribution in [2.24, 2.45) is 0 Å². The predicted octanol–water partition coefficient (Wildman–Crippen LogP) is 2.12. The summed E-state index contributed by atoms with van der Waals surface area (Å²) in [5.74, 6) is 0.375. The standard InChI is InChI=1S/C11H11N3O2S2/c1-2-4-9(17-15)16-11-10(13-18-14-11)8-5-3-6-12-7-8/h3,5-7H,2,4H2,1H3. The lowest BCUT2D eigenvalue weighted by Crippen LogP contribution is -2.08. The van der Waals surface area contributed by atoms with Crippen LogP contribution in [0.1, 0.15) is 19.8 Å². The summed E-state index contributed by atoms with van der Waals surface area (Å²) < 4.78 is 24.6. The lowest BCUT2D eigenvalue weighted by atomic mass is 10.2. The van der Waals surface area contributed by atoms with Gasteiger partial charge in [-0.3, -0.25) is 4.98 Å². The van der Waals surface area contributed by atoms with Crippen LogP contribution in [-0.2, 0) is 11.3 Å². The maximum Gasteiger partial charge on any atom is 0.260 e. The summed E-state index contributed by atoms with van der Waals surface area (Å²) in [6.07, 6.45) is 4.84. The summed E-state index contributed by atoms with van der Waals surface area (Å²) in [6.45, 7) is 1.99. The van der Waals surface area contributed by atoms with Crippen molar-refractivity contribution in [3.63, 3.8) is 0 Å². The first kappa shape index (κ1) is 12.8. The molecule has 0 saturated carbocycles. The fourth-order valence-corrected chi connectivity index (χ4v) is 2.25. The minimum atomic E-state index is 0.362. The Morgan fingerprint density at radius 3 is 3.06 bits per heavy atom. The van der Waals surface area contributed by atoms with Crippen molar-refractivity contribution in [3.05, 3.63) is 24.5 Å². The highest BCUT2D eigenvalue weighted by Crippen LogP contribution is 2.27. The topological polar surface area (TPSA) is 65.0 Å². The van der Waals surface area contributed by atoms with E-state index in [1.54, 1.807) is 12.4 Å². The van der Waals surface area contributed by atoms with Crippen LogP contribution in [0.25, 0.3) is 11.3 Å². The van der Waals surface area contributed by atoms with Crippen LogP contribution in [-0.4, -0.2) is 23.0 Å². The van der Waals surface area contributed by atoms with Gasteiger partial charge in [0.15, 0.2) is 5.05 Å². The first-order chi connectivity index (χ1) is 8.85. The largest absolute Gasteiger partial charge is 0.427 e. The van der Waals surface area contributed by atoms with E-state index >= 15 is 0 Å². The Labute approximate surface area is 112 Å². The first-order valence-electron chi connectivity index (χ1n) is 5.41. The lowest BCUT2D eigenvalue weighted by molar-refractivity contribution is 0.529. The smallest absolute Gasteiger partial charge is 0.260 e. The molecular formula is C11H11N3O2S2. The van der Waals surface area contributed by atoms with Crippen LogP contribution in [0.5, 0.6) is 5.88 Å². The van der Waals surface area contributed by atoms with Gasteiger partial charge >= 0.3 is 0 Å². The van der Waals surface area contributed by atoms with E-state index in [9.17, 15) is 4.21 Å². The Morgan fingerprint density at radius 2 is 2.39 bits per heavy atom. The molecule has 18 heavy (non-hydrogen) atoms. The SMILES string of the molecule is CCCC(Oc1nsnc1-c1cccnc1)=S=O. The third kappa shape index (κ3) is 2.99. The van der Waals surface area contributed by atoms with E-state index in [1.807, 2.05) is 19.1 Å². The quantitative estimate of drug-likeness (QED) is 0.803. The van der Waals surface area contributed by atoms with Gasteiger partial charge in [-0.25, -0.2) is 4.21 Å². The Morgan fingerprint density at radius 1 is 1.50 bits per heavy atom. The van der Waals surface area contributed by atoms with Gasteiger partial charge in [-0.05, 0) is 18.6 Å². The molecule has 94 valence electrons. The van der Waals surface area contributed by atoms with Crippen molar-refractivity contribution in [3.8, 4) is 17.1 Å². The fraction of sp³-hybridized carbons (Fsp3) is 0.273. The average Bonchev–Trinajstić information content (AvgIpc) is 2.87. The Bertz CT molecular complexity index is 565. The van der Waals surface area contributed by atoms with Crippen molar-refractivity contribution in [2.45, 2.75) is 19.8 Å². The summed E-state index contributed by atoms with van der Waals surface area (Å²) in [7, 11) is 0. The first-order valence-corrected chi connectivity index (χ1v) is 6.88. The Kier molecular flexibility index (Phi) is 4.54. The molecule has 0 amide bonds. The van der Waals surface area contributed by atoms with Gasteiger partial charge in [-0.1, -0.05) is 6.92 Å². The molecule has 0 N–H and O–H groups in total. The number of hydrogen-bond donors (Lipinski definition) is 0. The van der Waals surface area contributed by atoms with Crippen LogP contribution in [0.15, 0.2) is 24.5 Å². The van der Waals surface area contributed by atoms with Gasteiger partial charge in [0.05, 0.1) is 11.7 Å². The summed E-state index contributed by atoms with van der Waals surface area (Å²) >= 11 is 1.42. The van der Waals surface area contributed by atoms with Crippen molar-refractivity contribution in [1.82, 2.24) is 13.7 Å². The number of aromatic nitrogens is 3. The van der Waals surface area contributed by atoms with Crippen LogP contribution in [0, 0.1) is 0 Å². The molecular weight excluding hydrogens is 270 g/mol. The van der Waals surface area contributed by atoms with Crippen LogP contribution >= 0.6 is 11.7 Å². The van der Waals surface area contributed by atoms with Crippen LogP contribution < -0.4 is 4.74 Å². The van der Waals surface area contributed by atoms with E-state index in [0.717, 1.165) is 23.7 Å². The van der Waals surface area contributed by atoms with Gasteiger partial charge in [0.2, 0.25) is 0 Å². The van der Waals surface area contributed by atoms with Gasteiger partial charge in [-0.2, -0.15) is 4.37 Å². The second kappa shape index (κ2) is 6.36. The fourth-order valence-electron chi connectivity index (χ4n) is 1.35. The monoisotopic (exact) mass is 281 g/mol. The zero-order valence-electron chi connectivity index (χ0n) is 9.70. The maximum absolute atomic E-state index is 10.9. The highest BCUT2D eigenvalue weighted by molar-refractivity contribution is 7.66. The second-order valence-electron chi connectivity index (χ2n) is 3.47. The molecule has 0 fully saturated rings. The van der Waals surface area contributed by atoms with Crippen molar-refractivity contribution in [1.29, 1.82) is 0 Å². The average molecular weight is 281 g/mol. The Balaban J connectivity index is 2.26. The molecule has 5 nitrogen and oxygen atoms in total. The van der Waals surface area contributed by atoms with Gasteiger partial charge < -0.3 is 4.74 Å². The van der Waals surface area contributed by atoms with Gasteiger partial charge in [-0.15, -0.1) is 4.37 Å². The van der Waals surface area contributed by atoms with Gasteiger partial charge in [0.25, 0.3) is 5.88 Å². The molecule has 2 rings (SSSR count). The molecule has 0 bridgehead atoms. The molecule has 0 aliphatic rings. The summed E-state index contributed by atoms with van der Waals surface area (Å²) in [6, 6.07) is 3.69. The van der Waals surface area contributed by atoms with E-state index in [1.165, 1.54) is 0 Å². The van der Waals surface area contributed by atoms with Crippen molar-refractivity contribution in [2.75, 3.05) is 0 Å². The minimum Gasteiger partial charge on any atom is -0.427 e. The molecule has 2 aromatic rings. The van der Waals surface area contributed by atoms with E-state index in [2.05, 4.69) is 13.7 Å². The zero-order valence-corrected chi connectivity index (χ0v) is 11.3. The highest BCUT2D eigenvalue weighted by atomic mass is 32.1. The third-order valence-corrected chi connectivity index (χ3v) is 3.14. The van der Waals surface area contributed by atoms with Crippen LogP contribution in [0.3, 0.4) is 0 Å². The van der Waals surface area contributed by atoms with E-state index in [0.29, 0.717) is 34.3 Å². The lowest BCUT2D eigenvalue weighted by Gasteiger charge is -2.03. The molecule has 0 radical (unpaired) electrons. The van der Waals surface area contributed by atoms with Crippen LogP contribution in [0.4, 0.5) is 0 Å². The molecule has 0 aliphatic heterocycles. The second-order valence-corrected chi connectivity index (χ2v) is 4.62. The molecule has 2 heterocycles. The summed E-state index contributed by atoms with van der Waals surface area (Å²) in [4.78, 5) is 4.02. The molecule has 0 unspecified atom stereocenters. The molecule has 7 heteroatoms. The third-order valence-electron chi connectivity index (χ3n) is 2.15. The van der Waals surface area contributed by atoms with Crippen LogP contribution in [0.2, 0.25) is 0 Å². The predicted molar refractivity (Wildman–Crippen MR) is 71.8 cm³/mol. The normalized spacial score (nSPS) is 10.1. The number of hydrogen-bond acceptors (Lipinski definition) is 6. The number of ether oxygens (including phenoxy) is 1. The number of rotatable bonds is 4. The van der Waals surface area contributed by atoms with E-state index in [-0.39, 0.29) is 0 Å². The molecule has 0 atom stereocenters. The van der Waals surface area contributed by atoms with Crippen molar-refractivity contribution >= 4 is 28.0 Å². The molecule has 0 aliphatic carbocycles. The number of nitrogens with zero attached hydrogens (tertiary/aromatic N) is 3. The van der Waals surface area contributed by atoms with E-state index in [4.69, 9.17) is 4.74 Å². The van der Waals surface area contributed by atoms with E-state index < -0.39 is 0 Å². The molecule has 0 spiro atoms. The minimum absolute atomic E-state index is 0.362. The van der Waals surface area contributed by atoms with Crippen molar-refractivity contribution < 1.29 is 8.95 Å². The maximum atomic E-state index is 10.9. The zero-order chi connectivity index (χ0) is 12.8. The van der Waals surface area contributed by atoms with Gasteiger partial charge in [0.1, 0.15) is 16.9 Å². The molecule has 2 aromatic heterocycles. The molecule has 0 saturated heterocycles. The summed E-state index contributed by atoms with van der Waals surface area (Å²) in [5.41, 5.74) is 1.45. The Hall–Kier alpha value is -1.60. The molecule has 0 aromatic carbocycles.